The molecule has 3 fully saturated rings. The SMILES string of the molecule is CO[C@H]1C[C@@H]2CC[C@@H](C)[C@@](O)(C2)C(=O)C(=O)N2CCCC[C@H]2C(=O)C[C@H]([C@H](C)C[C@@H]2CC[C@@H](O)[C@H](OC)C2)CC(=O)[C@H](C)/C=C(\C)[C@@H](O)[C@@H](OC)C(=O)[C@H](C)C[C@H](C)/C=C/C=C/C=C/1C. The van der Waals surface area contributed by atoms with Gasteiger partial charge in [-0.3, -0.25) is 24.0 Å². The Morgan fingerprint density at radius 1 is 0.800 bits per heavy atom. The maximum Gasteiger partial charge on any atom is 0.293 e. The van der Waals surface area contributed by atoms with Gasteiger partial charge in [0, 0.05) is 52.6 Å². The van der Waals surface area contributed by atoms with E-state index in [1.54, 1.807) is 34.1 Å². The zero-order valence-electron chi connectivity index (χ0n) is 41.2. The number of nitrogens with zero attached hydrogens (tertiary/aromatic N) is 1. The van der Waals surface area contributed by atoms with Crippen LogP contribution in [-0.2, 0) is 38.2 Å². The van der Waals surface area contributed by atoms with Gasteiger partial charge in [-0.15, -0.1) is 0 Å². The Morgan fingerprint density at radius 2 is 1.51 bits per heavy atom. The highest BCUT2D eigenvalue weighted by atomic mass is 16.5. The molecule has 12 heteroatoms. The van der Waals surface area contributed by atoms with Crippen molar-refractivity contribution in [3.63, 3.8) is 0 Å². The van der Waals surface area contributed by atoms with Gasteiger partial charge in [0.05, 0.1) is 24.4 Å². The summed E-state index contributed by atoms with van der Waals surface area (Å²) in [4.78, 5) is 72.7. The second-order valence-electron chi connectivity index (χ2n) is 20.6. The van der Waals surface area contributed by atoms with Crippen molar-refractivity contribution in [3.05, 3.63) is 47.6 Å². The van der Waals surface area contributed by atoms with Crippen LogP contribution >= 0.6 is 0 Å². The maximum absolute atomic E-state index is 14.6. The van der Waals surface area contributed by atoms with Crippen molar-refractivity contribution in [2.45, 2.75) is 181 Å². The normalized spacial score (nSPS) is 40.5. The third-order valence-electron chi connectivity index (χ3n) is 15.6. The molecule has 12 nitrogen and oxygen atoms in total. The second kappa shape index (κ2) is 25.3. The molecule has 0 spiro atoms. The number of carbonyl (C=O) groups is 5. The van der Waals surface area contributed by atoms with Crippen LogP contribution in [0.3, 0.4) is 0 Å². The van der Waals surface area contributed by atoms with Crippen molar-refractivity contribution in [2.24, 2.45) is 47.3 Å². The Balaban J connectivity index is 1.70. The molecular formula is C53H83NO11. The Kier molecular flexibility index (Phi) is 21.2. The molecule has 2 aliphatic heterocycles. The summed E-state index contributed by atoms with van der Waals surface area (Å²) >= 11 is 0. The Bertz CT molecular complexity index is 1750. The van der Waals surface area contributed by atoms with Crippen LogP contribution in [-0.4, -0.2) is 119 Å². The zero-order valence-corrected chi connectivity index (χ0v) is 41.2. The van der Waals surface area contributed by atoms with Crippen LogP contribution in [0.15, 0.2) is 47.6 Å². The van der Waals surface area contributed by atoms with Gasteiger partial charge in [-0.25, -0.2) is 0 Å². The van der Waals surface area contributed by atoms with E-state index in [0.29, 0.717) is 63.4 Å². The van der Waals surface area contributed by atoms with Gasteiger partial charge in [0.2, 0.25) is 0 Å². The summed E-state index contributed by atoms with van der Waals surface area (Å²) in [6.07, 6.45) is 15.1. The molecule has 0 aromatic rings. The van der Waals surface area contributed by atoms with E-state index in [2.05, 4.69) is 6.92 Å². The van der Waals surface area contributed by atoms with Gasteiger partial charge < -0.3 is 34.4 Å². The number of rotatable bonds is 6. The smallest absolute Gasteiger partial charge is 0.293 e. The fraction of sp³-hybridized carbons (Fsp3) is 0.755. The van der Waals surface area contributed by atoms with Crippen LogP contribution in [0.1, 0.15) is 138 Å². The van der Waals surface area contributed by atoms with Crippen LogP contribution in [0, 0.1) is 47.3 Å². The lowest BCUT2D eigenvalue weighted by atomic mass is 9.67. The highest BCUT2D eigenvalue weighted by Crippen LogP contribution is 2.42. The Morgan fingerprint density at radius 3 is 2.18 bits per heavy atom. The quantitative estimate of drug-likeness (QED) is 0.178. The molecular weight excluding hydrogens is 827 g/mol. The number of Topliss-reactive ketones (excluding diaryl/α,β-unsaturated/α-hetero) is 4. The summed E-state index contributed by atoms with van der Waals surface area (Å²) in [7, 11) is 4.64. The summed E-state index contributed by atoms with van der Waals surface area (Å²) < 4.78 is 17.1. The first kappa shape index (κ1) is 54.5. The average molecular weight is 910 g/mol. The number of ketones is 4. The van der Waals surface area contributed by atoms with Crippen molar-refractivity contribution in [1.29, 1.82) is 0 Å². The molecule has 4 rings (SSSR count). The predicted octanol–water partition coefficient (Wildman–Crippen LogP) is 7.51. The number of amides is 1. The van der Waals surface area contributed by atoms with Gasteiger partial charge in [0.25, 0.3) is 11.7 Å². The van der Waals surface area contributed by atoms with Gasteiger partial charge in [0.15, 0.2) is 11.6 Å². The van der Waals surface area contributed by atoms with E-state index in [1.165, 1.54) is 12.0 Å². The first-order valence-corrected chi connectivity index (χ1v) is 24.6. The summed E-state index contributed by atoms with van der Waals surface area (Å²) in [6, 6.07) is -0.862. The van der Waals surface area contributed by atoms with Crippen molar-refractivity contribution >= 4 is 29.0 Å². The number of ether oxygens (including phenoxy) is 3. The minimum atomic E-state index is -1.89. The average Bonchev–Trinajstić information content (AvgIpc) is 3.28. The number of hydrogen-bond acceptors (Lipinski definition) is 11. The zero-order chi connectivity index (χ0) is 48.2. The van der Waals surface area contributed by atoms with E-state index >= 15 is 0 Å². The minimum Gasteiger partial charge on any atom is -0.390 e. The topological polar surface area (TPSA) is 177 Å². The predicted molar refractivity (Wildman–Crippen MR) is 252 cm³/mol. The standard InChI is InChI=1S/C53H83NO11/c1-32-16-12-11-13-17-33(2)46(63-8)28-40-20-19-38(7)53(62,31-40)51(60)52(61)54-23-15-14-18-42(54)45(57)30-41(34(3)26-39-21-22-43(55)47(27-39)64-9)29-44(56)35(4)25-37(6)49(59)50(65-10)48(58)36(5)24-32/h11-13,16-17,25,32,34-36,38-43,46-47,49-50,55,59,62H,14-15,18-24,26-31H2,1-10H3/b13-11+,16-12+,33-17+,37-25+/t32-,34-,35-,36-,38-,39+,40+,41-,42+,43-,46+,47-,49-,50+,53+/m1/s1. The summed E-state index contributed by atoms with van der Waals surface area (Å²) in [5.41, 5.74) is -0.476. The second-order valence-corrected chi connectivity index (χ2v) is 20.6. The van der Waals surface area contributed by atoms with Crippen LogP contribution < -0.4 is 0 Å². The van der Waals surface area contributed by atoms with Gasteiger partial charge in [-0.1, -0.05) is 71.1 Å². The molecule has 0 aromatic carbocycles. The molecule has 1 saturated heterocycles. The molecule has 4 aliphatic rings. The lowest BCUT2D eigenvalue weighted by molar-refractivity contribution is -0.165. The van der Waals surface area contributed by atoms with Crippen molar-refractivity contribution in [1.82, 2.24) is 4.90 Å². The van der Waals surface area contributed by atoms with E-state index in [-0.39, 0.29) is 79.0 Å². The molecule has 15 atom stereocenters. The number of methoxy groups -OCH3 is 3. The number of fused-ring (bicyclic) bond motifs is 3. The lowest BCUT2D eigenvalue weighted by Crippen LogP contribution is -2.59. The van der Waals surface area contributed by atoms with Gasteiger partial charge in [-0.05, 0) is 138 Å². The van der Waals surface area contributed by atoms with Gasteiger partial charge in [-0.2, -0.15) is 0 Å². The third-order valence-corrected chi connectivity index (χ3v) is 15.6. The highest BCUT2D eigenvalue weighted by Gasteiger charge is 2.51. The molecule has 2 aliphatic carbocycles. The van der Waals surface area contributed by atoms with E-state index in [9.17, 15) is 39.3 Å². The first-order valence-electron chi connectivity index (χ1n) is 24.6. The first-order chi connectivity index (χ1) is 30.7. The fourth-order valence-corrected chi connectivity index (χ4v) is 11.2. The maximum atomic E-state index is 14.6. The number of allylic oxidation sites excluding steroid dienone is 6. The molecule has 2 bridgehead atoms. The highest BCUT2D eigenvalue weighted by molar-refractivity contribution is 6.39. The van der Waals surface area contributed by atoms with Gasteiger partial charge in [0.1, 0.15) is 23.6 Å². The largest absolute Gasteiger partial charge is 0.390 e. The molecule has 0 radical (unpaired) electrons. The van der Waals surface area contributed by atoms with Crippen LogP contribution in [0.4, 0.5) is 0 Å². The fourth-order valence-electron chi connectivity index (χ4n) is 11.2. The summed E-state index contributed by atoms with van der Waals surface area (Å²) in [5, 5.41) is 34.2. The lowest BCUT2D eigenvalue weighted by Gasteiger charge is -2.43. The minimum absolute atomic E-state index is 0.0194. The van der Waals surface area contributed by atoms with Crippen LogP contribution in [0.2, 0.25) is 0 Å². The Hall–Kier alpha value is -3.13. The molecule has 0 aromatic heterocycles. The Labute approximate surface area is 389 Å². The molecule has 366 valence electrons. The van der Waals surface area contributed by atoms with Gasteiger partial charge >= 0.3 is 0 Å². The summed E-state index contributed by atoms with van der Waals surface area (Å²) in [5.74, 6) is -4.08. The number of hydrogen-bond donors (Lipinski definition) is 3. The molecule has 3 N–H and O–H groups in total. The van der Waals surface area contributed by atoms with E-state index in [4.69, 9.17) is 14.2 Å². The van der Waals surface area contributed by atoms with Crippen molar-refractivity contribution in [3.8, 4) is 0 Å². The molecule has 0 unspecified atom stereocenters. The third kappa shape index (κ3) is 14.4. The molecule has 2 heterocycles. The molecule has 2 saturated carbocycles. The van der Waals surface area contributed by atoms with E-state index < -0.39 is 65.3 Å². The number of aliphatic hydroxyl groups is 3. The number of aliphatic hydroxyl groups excluding tert-OH is 2. The number of carbonyl (C=O) groups excluding carboxylic acids is 5. The monoisotopic (exact) mass is 910 g/mol. The van der Waals surface area contributed by atoms with Crippen molar-refractivity contribution in [2.75, 3.05) is 27.9 Å². The van der Waals surface area contributed by atoms with E-state index in [0.717, 1.165) is 18.4 Å². The molecule has 1 amide bonds. The summed E-state index contributed by atoms with van der Waals surface area (Å²) in [6.45, 7) is 13.4. The number of piperidine rings is 1. The van der Waals surface area contributed by atoms with Crippen LogP contribution in [0.25, 0.3) is 0 Å². The van der Waals surface area contributed by atoms with E-state index in [1.807, 2.05) is 58.1 Å². The molecule has 65 heavy (non-hydrogen) atoms. The van der Waals surface area contributed by atoms with Crippen molar-refractivity contribution < 1.29 is 53.5 Å². The van der Waals surface area contributed by atoms with Crippen LogP contribution in [0.5, 0.6) is 0 Å².